The van der Waals surface area contributed by atoms with Gasteiger partial charge in [-0.25, -0.2) is 0 Å². The molecule has 0 aromatic rings. The van der Waals surface area contributed by atoms with Crippen LogP contribution in [0.1, 0.15) is 12.8 Å². The van der Waals surface area contributed by atoms with Crippen LogP contribution in [0.4, 0.5) is 0 Å². The highest BCUT2D eigenvalue weighted by molar-refractivity contribution is 8.14. The summed E-state index contributed by atoms with van der Waals surface area (Å²) < 4.78 is 0. The molecule has 0 radical (unpaired) electrons. The molecule has 0 amide bonds. The van der Waals surface area contributed by atoms with Crippen LogP contribution in [0.5, 0.6) is 0 Å². The third-order valence-electron chi connectivity index (χ3n) is 3.63. The molecule has 2 aliphatic heterocycles. The molecule has 1 aliphatic carbocycles. The first-order chi connectivity index (χ1) is 8.42. The van der Waals surface area contributed by atoms with E-state index in [0.717, 1.165) is 24.3 Å². The second-order valence-electron chi connectivity index (χ2n) is 5.02. The maximum absolute atomic E-state index is 4.61. The minimum atomic E-state index is 0.795. The molecule has 1 saturated carbocycles. The normalized spacial score (nSPS) is 30.4. The maximum atomic E-state index is 4.61. The Morgan fingerprint density at radius 2 is 2.12 bits per heavy atom. The van der Waals surface area contributed by atoms with Gasteiger partial charge >= 0.3 is 0 Å². The Morgan fingerprint density at radius 1 is 1.29 bits per heavy atom. The zero-order valence-electron chi connectivity index (χ0n) is 10.2. The van der Waals surface area contributed by atoms with E-state index in [4.69, 9.17) is 0 Å². The third-order valence-corrected chi connectivity index (χ3v) is 5.91. The van der Waals surface area contributed by atoms with Gasteiger partial charge in [-0.1, -0.05) is 11.8 Å². The molecule has 3 rings (SSSR count). The van der Waals surface area contributed by atoms with Crippen molar-refractivity contribution in [2.24, 2.45) is 10.9 Å². The Bertz CT molecular complexity index is 285. The molecule has 96 valence electrons. The van der Waals surface area contributed by atoms with Gasteiger partial charge in [-0.05, 0) is 18.8 Å². The summed E-state index contributed by atoms with van der Waals surface area (Å²) in [5.74, 6) is 3.58. The van der Waals surface area contributed by atoms with Crippen LogP contribution < -0.4 is 5.32 Å². The molecule has 3 nitrogen and oxygen atoms in total. The van der Waals surface area contributed by atoms with Crippen molar-refractivity contribution in [1.29, 1.82) is 0 Å². The number of hydrogen-bond donors (Lipinski definition) is 1. The van der Waals surface area contributed by atoms with Gasteiger partial charge in [0.25, 0.3) is 0 Å². The summed E-state index contributed by atoms with van der Waals surface area (Å²) >= 11 is 4.06. The van der Waals surface area contributed by atoms with Gasteiger partial charge in [0.2, 0.25) is 0 Å². The summed E-state index contributed by atoms with van der Waals surface area (Å²) in [5.41, 5.74) is 0. The number of thioether (sulfide) groups is 2. The standard InChI is InChI=1S/C12H21N3S2/c1-2-10(1)11-9-14-12(17-11)13-3-4-15-5-7-16-8-6-15/h10-11H,1-9H2,(H,13,14). The van der Waals surface area contributed by atoms with Crippen molar-refractivity contribution in [3.8, 4) is 0 Å². The Hall–Kier alpha value is 0.130. The predicted octanol–water partition coefficient (Wildman–Crippen LogP) is 1.51. The minimum absolute atomic E-state index is 0.795. The fraction of sp³-hybridized carbons (Fsp3) is 0.917. The Morgan fingerprint density at radius 3 is 2.88 bits per heavy atom. The van der Waals surface area contributed by atoms with Gasteiger partial charge in [0.1, 0.15) is 0 Å². The monoisotopic (exact) mass is 271 g/mol. The van der Waals surface area contributed by atoms with Crippen LogP contribution in [0.25, 0.3) is 0 Å². The lowest BCUT2D eigenvalue weighted by Crippen LogP contribution is -2.38. The van der Waals surface area contributed by atoms with Gasteiger partial charge in [0, 0.05) is 42.9 Å². The second-order valence-corrected chi connectivity index (χ2v) is 7.47. The number of aliphatic imine (C=N–C) groups is 1. The van der Waals surface area contributed by atoms with E-state index in [-0.39, 0.29) is 0 Å². The largest absolute Gasteiger partial charge is 0.364 e. The molecule has 1 atom stereocenters. The van der Waals surface area contributed by atoms with Gasteiger partial charge in [-0.2, -0.15) is 11.8 Å². The van der Waals surface area contributed by atoms with E-state index in [9.17, 15) is 0 Å². The van der Waals surface area contributed by atoms with E-state index in [1.165, 1.54) is 49.1 Å². The first-order valence-electron chi connectivity index (χ1n) is 6.67. The van der Waals surface area contributed by atoms with Crippen LogP contribution in [0.3, 0.4) is 0 Å². The van der Waals surface area contributed by atoms with Crippen molar-refractivity contribution in [3.05, 3.63) is 0 Å². The molecule has 0 aromatic heterocycles. The highest BCUT2D eigenvalue weighted by atomic mass is 32.2. The van der Waals surface area contributed by atoms with Crippen LogP contribution in [0.2, 0.25) is 0 Å². The molecular weight excluding hydrogens is 250 g/mol. The zero-order chi connectivity index (χ0) is 11.5. The summed E-state index contributed by atoms with van der Waals surface area (Å²) in [6.45, 7) is 5.81. The smallest absolute Gasteiger partial charge is 0.156 e. The highest BCUT2D eigenvalue weighted by Gasteiger charge is 2.35. The van der Waals surface area contributed by atoms with Crippen LogP contribution in [-0.4, -0.2) is 59.5 Å². The van der Waals surface area contributed by atoms with E-state index in [1.54, 1.807) is 0 Å². The first kappa shape index (κ1) is 12.2. The van der Waals surface area contributed by atoms with Crippen LogP contribution in [-0.2, 0) is 0 Å². The van der Waals surface area contributed by atoms with Gasteiger partial charge < -0.3 is 5.32 Å². The van der Waals surface area contributed by atoms with Crippen molar-refractivity contribution in [2.75, 3.05) is 44.2 Å². The Kier molecular flexibility index (Phi) is 4.19. The van der Waals surface area contributed by atoms with Crippen molar-refractivity contribution in [1.82, 2.24) is 10.2 Å². The molecule has 2 fully saturated rings. The lowest BCUT2D eigenvalue weighted by Gasteiger charge is -2.26. The van der Waals surface area contributed by atoms with Gasteiger partial charge in [0.05, 0.1) is 6.54 Å². The molecular formula is C12H21N3S2. The molecule has 1 N–H and O–H groups in total. The van der Waals surface area contributed by atoms with Gasteiger partial charge in [-0.3, -0.25) is 9.89 Å². The summed E-state index contributed by atoms with van der Waals surface area (Å²) in [6, 6.07) is 0. The minimum Gasteiger partial charge on any atom is -0.364 e. The van der Waals surface area contributed by atoms with Crippen molar-refractivity contribution in [2.45, 2.75) is 18.1 Å². The average Bonchev–Trinajstić information content (AvgIpc) is 3.11. The number of rotatable bonds is 4. The zero-order valence-corrected chi connectivity index (χ0v) is 11.9. The average molecular weight is 271 g/mol. The Labute approximate surface area is 112 Å². The molecule has 0 spiro atoms. The summed E-state index contributed by atoms with van der Waals surface area (Å²) in [5, 5.41) is 5.50. The predicted molar refractivity (Wildman–Crippen MR) is 78.2 cm³/mol. The topological polar surface area (TPSA) is 27.6 Å². The highest BCUT2D eigenvalue weighted by Crippen LogP contribution is 2.41. The number of nitrogens with zero attached hydrogens (tertiary/aromatic N) is 2. The molecule has 1 saturated heterocycles. The van der Waals surface area contributed by atoms with Crippen LogP contribution in [0.15, 0.2) is 4.99 Å². The SMILES string of the molecule is C(CN1CCSCC1)NC1=NCC(C2CC2)S1. The van der Waals surface area contributed by atoms with E-state index in [2.05, 4.69) is 27.0 Å². The number of hydrogen-bond acceptors (Lipinski definition) is 5. The van der Waals surface area contributed by atoms with Crippen molar-refractivity contribution < 1.29 is 0 Å². The fourth-order valence-corrected chi connectivity index (χ4v) is 4.56. The molecule has 0 bridgehead atoms. The molecule has 5 heteroatoms. The molecule has 1 unspecified atom stereocenters. The van der Waals surface area contributed by atoms with Crippen LogP contribution >= 0.6 is 23.5 Å². The second kappa shape index (κ2) is 5.85. The molecule has 17 heavy (non-hydrogen) atoms. The van der Waals surface area contributed by atoms with E-state index < -0.39 is 0 Å². The Balaban J connectivity index is 1.31. The molecule has 2 heterocycles. The quantitative estimate of drug-likeness (QED) is 0.839. The summed E-state index contributed by atoms with van der Waals surface area (Å²) in [6.07, 6.45) is 2.87. The van der Waals surface area contributed by atoms with Gasteiger partial charge in [-0.15, -0.1) is 0 Å². The summed E-state index contributed by atoms with van der Waals surface area (Å²) in [4.78, 5) is 7.16. The van der Waals surface area contributed by atoms with E-state index in [1.807, 2.05) is 11.8 Å². The van der Waals surface area contributed by atoms with E-state index >= 15 is 0 Å². The first-order valence-corrected chi connectivity index (χ1v) is 8.70. The molecule has 0 aromatic carbocycles. The lowest BCUT2D eigenvalue weighted by molar-refractivity contribution is 0.307. The van der Waals surface area contributed by atoms with Crippen molar-refractivity contribution in [3.63, 3.8) is 0 Å². The summed E-state index contributed by atoms with van der Waals surface area (Å²) in [7, 11) is 0. The van der Waals surface area contributed by atoms with Crippen LogP contribution in [0, 0.1) is 5.92 Å². The molecule has 3 aliphatic rings. The number of amidine groups is 1. The fourth-order valence-electron chi connectivity index (χ4n) is 2.35. The van der Waals surface area contributed by atoms with Crippen molar-refractivity contribution >= 4 is 28.7 Å². The number of nitrogens with one attached hydrogen (secondary N) is 1. The third kappa shape index (κ3) is 3.55. The van der Waals surface area contributed by atoms with E-state index in [0.29, 0.717) is 0 Å². The lowest BCUT2D eigenvalue weighted by atomic mass is 10.3. The van der Waals surface area contributed by atoms with Gasteiger partial charge in [0.15, 0.2) is 5.17 Å². The maximum Gasteiger partial charge on any atom is 0.156 e.